The summed E-state index contributed by atoms with van der Waals surface area (Å²) in [6, 6.07) is 11.1. The molecule has 0 saturated carbocycles. The maximum Gasteiger partial charge on any atom is 0.329 e. The SMILES string of the molecule is Cc1ccc(Cn2c(=O)[nH]c3cccnc3c2=O)cc1. The lowest BCUT2D eigenvalue weighted by molar-refractivity contribution is 0.709. The van der Waals surface area contributed by atoms with Crippen LogP contribution in [0.3, 0.4) is 0 Å². The van der Waals surface area contributed by atoms with Gasteiger partial charge in [-0.1, -0.05) is 29.8 Å². The number of fused-ring (bicyclic) bond motifs is 1. The van der Waals surface area contributed by atoms with Crippen LogP contribution in [0.5, 0.6) is 0 Å². The van der Waals surface area contributed by atoms with Crippen LogP contribution in [0, 0.1) is 6.92 Å². The van der Waals surface area contributed by atoms with Gasteiger partial charge in [-0.2, -0.15) is 0 Å². The third-order valence-electron chi connectivity index (χ3n) is 3.20. The summed E-state index contributed by atoms with van der Waals surface area (Å²) >= 11 is 0. The van der Waals surface area contributed by atoms with Gasteiger partial charge >= 0.3 is 5.69 Å². The molecule has 2 heterocycles. The number of aryl methyl sites for hydroxylation is 1. The summed E-state index contributed by atoms with van der Waals surface area (Å²) in [6.07, 6.45) is 1.54. The number of rotatable bonds is 2. The zero-order valence-corrected chi connectivity index (χ0v) is 11.0. The molecule has 1 N–H and O–H groups in total. The van der Waals surface area contributed by atoms with E-state index >= 15 is 0 Å². The van der Waals surface area contributed by atoms with Crippen LogP contribution in [-0.4, -0.2) is 14.5 Å². The van der Waals surface area contributed by atoms with Crippen LogP contribution in [0.15, 0.2) is 52.2 Å². The van der Waals surface area contributed by atoms with Gasteiger partial charge in [0.2, 0.25) is 0 Å². The zero-order valence-electron chi connectivity index (χ0n) is 11.0. The Bertz CT molecular complexity index is 876. The Kier molecular flexibility index (Phi) is 2.95. The summed E-state index contributed by atoms with van der Waals surface area (Å²) in [7, 11) is 0. The van der Waals surface area contributed by atoms with Crippen molar-refractivity contribution < 1.29 is 0 Å². The molecule has 100 valence electrons. The van der Waals surface area contributed by atoms with E-state index in [1.807, 2.05) is 31.2 Å². The molecule has 3 aromatic rings. The standard InChI is InChI=1S/C15H13N3O2/c1-10-4-6-11(7-5-10)9-18-14(19)13-12(17-15(18)20)3-2-8-16-13/h2-8H,9H2,1H3,(H,17,20). The maximum absolute atomic E-state index is 12.3. The molecule has 2 aromatic heterocycles. The normalized spacial score (nSPS) is 10.8. The average Bonchev–Trinajstić information content (AvgIpc) is 2.45. The van der Waals surface area contributed by atoms with E-state index in [0.717, 1.165) is 11.1 Å². The molecule has 0 amide bonds. The first-order valence-corrected chi connectivity index (χ1v) is 6.28. The van der Waals surface area contributed by atoms with Gasteiger partial charge in [-0.25, -0.2) is 9.78 Å². The second kappa shape index (κ2) is 4.77. The molecule has 5 nitrogen and oxygen atoms in total. The summed E-state index contributed by atoms with van der Waals surface area (Å²) < 4.78 is 1.17. The number of hydrogen-bond donors (Lipinski definition) is 1. The van der Waals surface area contributed by atoms with Crippen molar-refractivity contribution in [2.24, 2.45) is 0 Å². The van der Waals surface area contributed by atoms with Crippen LogP contribution in [0.25, 0.3) is 11.0 Å². The number of aromatic amines is 1. The number of nitrogens with zero attached hydrogens (tertiary/aromatic N) is 2. The van der Waals surface area contributed by atoms with Crippen LogP contribution >= 0.6 is 0 Å². The van der Waals surface area contributed by atoms with E-state index in [-0.39, 0.29) is 17.6 Å². The van der Waals surface area contributed by atoms with E-state index in [9.17, 15) is 9.59 Å². The topological polar surface area (TPSA) is 67.8 Å². The van der Waals surface area contributed by atoms with Crippen molar-refractivity contribution in [3.05, 3.63) is 74.6 Å². The fourth-order valence-electron chi connectivity index (χ4n) is 2.10. The molecular weight excluding hydrogens is 254 g/mol. The highest BCUT2D eigenvalue weighted by molar-refractivity contribution is 5.71. The molecule has 0 radical (unpaired) electrons. The molecule has 0 unspecified atom stereocenters. The lowest BCUT2D eigenvalue weighted by Gasteiger charge is -2.06. The largest absolute Gasteiger partial charge is 0.329 e. The van der Waals surface area contributed by atoms with Gasteiger partial charge in [0.05, 0.1) is 12.1 Å². The lowest BCUT2D eigenvalue weighted by atomic mass is 10.1. The van der Waals surface area contributed by atoms with Crippen LogP contribution in [-0.2, 0) is 6.54 Å². The van der Waals surface area contributed by atoms with E-state index in [2.05, 4.69) is 9.97 Å². The van der Waals surface area contributed by atoms with Crippen molar-refractivity contribution in [3.63, 3.8) is 0 Å². The van der Waals surface area contributed by atoms with Crippen molar-refractivity contribution in [3.8, 4) is 0 Å². The van der Waals surface area contributed by atoms with Gasteiger partial charge in [0, 0.05) is 6.20 Å². The monoisotopic (exact) mass is 267 g/mol. The molecule has 0 aliphatic heterocycles. The van der Waals surface area contributed by atoms with Gasteiger partial charge in [-0.15, -0.1) is 0 Å². The van der Waals surface area contributed by atoms with Gasteiger partial charge in [-0.3, -0.25) is 9.36 Å². The molecule has 0 atom stereocenters. The predicted molar refractivity (Wildman–Crippen MR) is 76.9 cm³/mol. The first kappa shape index (κ1) is 12.3. The number of aromatic nitrogens is 3. The molecule has 20 heavy (non-hydrogen) atoms. The quantitative estimate of drug-likeness (QED) is 0.764. The summed E-state index contributed by atoms with van der Waals surface area (Å²) in [5.41, 5.74) is 1.98. The summed E-state index contributed by atoms with van der Waals surface area (Å²) in [6.45, 7) is 2.23. The van der Waals surface area contributed by atoms with E-state index in [0.29, 0.717) is 5.52 Å². The first-order chi connectivity index (χ1) is 9.65. The molecule has 0 bridgehead atoms. The number of H-pyrrole nitrogens is 1. The van der Waals surface area contributed by atoms with Crippen molar-refractivity contribution in [1.82, 2.24) is 14.5 Å². The van der Waals surface area contributed by atoms with E-state index in [1.165, 1.54) is 10.8 Å². The second-order valence-corrected chi connectivity index (χ2v) is 4.71. The number of nitrogens with one attached hydrogen (secondary N) is 1. The Morgan fingerprint density at radius 2 is 1.90 bits per heavy atom. The van der Waals surface area contributed by atoms with E-state index in [4.69, 9.17) is 0 Å². The highest BCUT2D eigenvalue weighted by atomic mass is 16.2. The van der Waals surface area contributed by atoms with Crippen molar-refractivity contribution in [1.29, 1.82) is 0 Å². The number of benzene rings is 1. The summed E-state index contributed by atoms with van der Waals surface area (Å²) in [5.74, 6) is 0. The fraction of sp³-hybridized carbons (Fsp3) is 0.133. The molecule has 5 heteroatoms. The number of hydrogen-bond acceptors (Lipinski definition) is 3. The molecule has 0 aliphatic rings. The molecule has 0 fully saturated rings. The Balaban J connectivity index is 2.14. The molecular formula is C15H13N3O2. The van der Waals surface area contributed by atoms with Gasteiger partial charge in [-0.05, 0) is 24.6 Å². The third kappa shape index (κ3) is 2.14. The number of pyridine rings is 1. The van der Waals surface area contributed by atoms with Crippen molar-refractivity contribution in [2.45, 2.75) is 13.5 Å². The molecule has 3 rings (SSSR count). The Hall–Kier alpha value is -2.69. The smallest absolute Gasteiger partial charge is 0.305 e. The minimum Gasteiger partial charge on any atom is -0.305 e. The summed E-state index contributed by atoms with van der Waals surface area (Å²) in [5, 5.41) is 0. The zero-order chi connectivity index (χ0) is 14.1. The van der Waals surface area contributed by atoms with Crippen LogP contribution in [0.1, 0.15) is 11.1 Å². The summed E-state index contributed by atoms with van der Waals surface area (Å²) in [4.78, 5) is 31.0. The van der Waals surface area contributed by atoms with Crippen LogP contribution < -0.4 is 11.2 Å². The molecule has 0 spiro atoms. The van der Waals surface area contributed by atoms with Crippen molar-refractivity contribution >= 4 is 11.0 Å². The van der Waals surface area contributed by atoms with Gasteiger partial charge in [0.15, 0.2) is 5.52 Å². The third-order valence-corrected chi connectivity index (χ3v) is 3.20. The minimum absolute atomic E-state index is 0.237. The van der Waals surface area contributed by atoms with Crippen LogP contribution in [0.4, 0.5) is 0 Å². The van der Waals surface area contributed by atoms with Gasteiger partial charge in [0.25, 0.3) is 5.56 Å². The lowest BCUT2D eigenvalue weighted by Crippen LogP contribution is -2.35. The van der Waals surface area contributed by atoms with Crippen LogP contribution in [0.2, 0.25) is 0 Å². The van der Waals surface area contributed by atoms with E-state index < -0.39 is 5.69 Å². The van der Waals surface area contributed by atoms with Gasteiger partial charge < -0.3 is 4.98 Å². The van der Waals surface area contributed by atoms with Crippen molar-refractivity contribution in [2.75, 3.05) is 0 Å². The molecule has 0 aliphatic carbocycles. The first-order valence-electron chi connectivity index (χ1n) is 6.28. The highest BCUT2D eigenvalue weighted by Gasteiger charge is 2.08. The minimum atomic E-state index is -0.420. The fourth-order valence-corrected chi connectivity index (χ4v) is 2.10. The average molecular weight is 267 g/mol. The Morgan fingerprint density at radius 1 is 1.15 bits per heavy atom. The highest BCUT2D eigenvalue weighted by Crippen LogP contribution is 2.04. The van der Waals surface area contributed by atoms with Gasteiger partial charge in [0.1, 0.15) is 0 Å². The second-order valence-electron chi connectivity index (χ2n) is 4.71. The van der Waals surface area contributed by atoms with E-state index in [1.54, 1.807) is 12.1 Å². The molecule has 1 aromatic carbocycles. The maximum atomic E-state index is 12.3. The Labute approximate surface area is 114 Å². The molecule has 0 saturated heterocycles. The predicted octanol–water partition coefficient (Wildman–Crippen LogP) is 1.44. The Morgan fingerprint density at radius 3 is 2.65 bits per heavy atom.